The molecule has 0 saturated heterocycles. The number of thioether (sulfide) groups is 1. The summed E-state index contributed by atoms with van der Waals surface area (Å²) in [4.78, 5) is 26.8. The van der Waals surface area contributed by atoms with E-state index in [2.05, 4.69) is 11.4 Å². The third kappa shape index (κ3) is 6.37. The maximum absolute atomic E-state index is 13.2. The maximum Gasteiger partial charge on any atom is 0.242 e. The Balaban J connectivity index is 2.08. The monoisotopic (exact) mass is 402 g/mol. The summed E-state index contributed by atoms with van der Waals surface area (Å²) < 4.78 is 13.2. The van der Waals surface area contributed by atoms with E-state index >= 15 is 0 Å². The lowest BCUT2D eigenvalue weighted by Gasteiger charge is -2.30. The van der Waals surface area contributed by atoms with Crippen molar-refractivity contribution in [2.45, 2.75) is 38.6 Å². The lowest BCUT2D eigenvalue weighted by molar-refractivity contribution is -0.139. The molecule has 2 aromatic carbocycles. The molecule has 0 aliphatic heterocycles. The molecule has 0 bridgehead atoms. The third-order valence-corrected chi connectivity index (χ3v) is 5.46. The normalized spacial score (nSPS) is 11.7. The average Bonchev–Trinajstić information content (AvgIpc) is 2.69. The third-order valence-electron chi connectivity index (χ3n) is 4.48. The molecule has 0 heterocycles. The van der Waals surface area contributed by atoms with Crippen LogP contribution in [0.1, 0.15) is 30.0 Å². The Morgan fingerprint density at radius 3 is 2.46 bits per heavy atom. The van der Waals surface area contributed by atoms with Crippen molar-refractivity contribution in [3.8, 4) is 0 Å². The molecular weight excluding hydrogens is 375 g/mol. The summed E-state index contributed by atoms with van der Waals surface area (Å²) in [6.45, 7) is 4.19. The van der Waals surface area contributed by atoms with Crippen LogP contribution in [0, 0.1) is 12.7 Å². The van der Waals surface area contributed by atoms with Crippen LogP contribution in [-0.4, -0.2) is 35.6 Å². The molecule has 1 unspecified atom stereocenters. The van der Waals surface area contributed by atoms with E-state index < -0.39 is 6.04 Å². The van der Waals surface area contributed by atoms with Gasteiger partial charge in [-0.15, -0.1) is 11.8 Å². The zero-order valence-corrected chi connectivity index (χ0v) is 17.4. The van der Waals surface area contributed by atoms with Crippen LogP contribution in [0.3, 0.4) is 0 Å². The van der Waals surface area contributed by atoms with Gasteiger partial charge < -0.3 is 10.2 Å². The van der Waals surface area contributed by atoms with Crippen molar-refractivity contribution in [2.24, 2.45) is 0 Å². The van der Waals surface area contributed by atoms with Crippen LogP contribution in [0.4, 0.5) is 4.39 Å². The van der Waals surface area contributed by atoms with Crippen molar-refractivity contribution in [3.63, 3.8) is 0 Å². The van der Waals surface area contributed by atoms with Gasteiger partial charge in [-0.1, -0.05) is 48.9 Å². The number of halogens is 1. The Morgan fingerprint density at radius 2 is 1.86 bits per heavy atom. The molecule has 0 aliphatic rings. The number of amides is 2. The number of nitrogens with one attached hydrogen (secondary N) is 1. The molecule has 1 N–H and O–H groups in total. The molecule has 2 rings (SSSR count). The second-order valence-electron chi connectivity index (χ2n) is 6.67. The van der Waals surface area contributed by atoms with E-state index in [4.69, 9.17) is 0 Å². The molecule has 150 valence electrons. The molecule has 1 atom stereocenters. The lowest BCUT2D eigenvalue weighted by atomic mass is 10.1. The van der Waals surface area contributed by atoms with E-state index in [1.807, 2.05) is 32.0 Å². The topological polar surface area (TPSA) is 49.4 Å². The molecule has 4 nitrogen and oxygen atoms in total. The van der Waals surface area contributed by atoms with Crippen LogP contribution in [0.2, 0.25) is 0 Å². The average molecular weight is 403 g/mol. The van der Waals surface area contributed by atoms with Crippen LogP contribution >= 0.6 is 11.8 Å². The van der Waals surface area contributed by atoms with Crippen molar-refractivity contribution in [1.29, 1.82) is 0 Å². The standard InChI is InChI=1S/C22H27FN2O2S/c1-4-20(22(27)24-3)25(13-17-8-10-19(23)11-9-17)21(26)15-28-14-18-7-5-6-16(2)12-18/h5-12,20H,4,13-15H2,1-3H3,(H,24,27). The van der Waals surface area contributed by atoms with Crippen molar-refractivity contribution >= 4 is 23.6 Å². The Kier molecular flexibility index (Phi) is 8.51. The number of carbonyl (C=O) groups excluding carboxylic acids is 2. The summed E-state index contributed by atoms with van der Waals surface area (Å²) in [6.07, 6.45) is 0.509. The zero-order chi connectivity index (χ0) is 20.5. The molecule has 6 heteroatoms. The number of rotatable bonds is 9. The van der Waals surface area contributed by atoms with Gasteiger partial charge in [-0.3, -0.25) is 9.59 Å². The fourth-order valence-electron chi connectivity index (χ4n) is 3.01. The van der Waals surface area contributed by atoms with Gasteiger partial charge in [-0.05, 0) is 36.6 Å². The highest BCUT2D eigenvalue weighted by molar-refractivity contribution is 7.99. The minimum absolute atomic E-state index is 0.0996. The Labute approximate surface area is 170 Å². The molecule has 0 aromatic heterocycles. The summed E-state index contributed by atoms with van der Waals surface area (Å²) in [7, 11) is 1.57. The van der Waals surface area contributed by atoms with E-state index in [9.17, 15) is 14.0 Å². The second kappa shape index (κ2) is 10.9. The van der Waals surface area contributed by atoms with Crippen LogP contribution in [0.15, 0.2) is 48.5 Å². The van der Waals surface area contributed by atoms with Crippen LogP contribution in [0.5, 0.6) is 0 Å². The largest absolute Gasteiger partial charge is 0.357 e. The molecule has 0 saturated carbocycles. The number of likely N-dealkylation sites (N-methyl/N-ethyl adjacent to an activating group) is 1. The highest BCUT2D eigenvalue weighted by atomic mass is 32.2. The van der Waals surface area contributed by atoms with Gasteiger partial charge in [0.15, 0.2) is 0 Å². The van der Waals surface area contributed by atoms with Gasteiger partial charge in [0.25, 0.3) is 0 Å². The minimum Gasteiger partial charge on any atom is -0.357 e. The Bertz CT molecular complexity index is 795. The predicted molar refractivity (Wildman–Crippen MR) is 112 cm³/mol. The molecular formula is C22H27FN2O2S. The van der Waals surface area contributed by atoms with Gasteiger partial charge in [-0.25, -0.2) is 4.39 Å². The van der Waals surface area contributed by atoms with Gasteiger partial charge in [0, 0.05) is 19.3 Å². The minimum atomic E-state index is -0.554. The maximum atomic E-state index is 13.2. The first kappa shape index (κ1) is 22.0. The second-order valence-corrected chi connectivity index (χ2v) is 7.65. The van der Waals surface area contributed by atoms with E-state index in [1.54, 1.807) is 24.1 Å². The number of benzene rings is 2. The molecule has 0 spiro atoms. The molecule has 0 aliphatic carbocycles. The predicted octanol–water partition coefficient (Wildman–Crippen LogP) is 3.92. The van der Waals surface area contributed by atoms with Crippen LogP contribution in [0.25, 0.3) is 0 Å². The first-order valence-corrected chi connectivity index (χ1v) is 10.5. The van der Waals surface area contributed by atoms with Gasteiger partial charge >= 0.3 is 0 Å². The van der Waals surface area contributed by atoms with Crippen molar-refractivity contribution in [3.05, 3.63) is 71.0 Å². The SMILES string of the molecule is CCC(C(=O)NC)N(Cc1ccc(F)cc1)C(=O)CSCc1cccc(C)c1. The summed E-state index contributed by atoms with van der Waals surface area (Å²) in [5, 5.41) is 2.63. The number of hydrogen-bond donors (Lipinski definition) is 1. The summed E-state index contributed by atoms with van der Waals surface area (Å²) >= 11 is 1.53. The van der Waals surface area contributed by atoms with Crippen LogP contribution < -0.4 is 5.32 Å². The van der Waals surface area contributed by atoms with Gasteiger partial charge in [0.1, 0.15) is 11.9 Å². The van der Waals surface area contributed by atoms with Gasteiger partial charge in [-0.2, -0.15) is 0 Å². The van der Waals surface area contributed by atoms with Gasteiger partial charge in [0.05, 0.1) is 5.75 Å². The van der Waals surface area contributed by atoms with Crippen molar-refractivity contribution < 1.29 is 14.0 Å². The molecule has 0 radical (unpaired) electrons. The van der Waals surface area contributed by atoms with E-state index in [1.165, 1.54) is 35.0 Å². The quantitative estimate of drug-likeness (QED) is 0.692. The van der Waals surface area contributed by atoms with Crippen molar-refractivity contribution in [1.82, 2.24) is 10.2 Å². The molecule has 0 fully saturated rings. The van der Waals surface area contributed by atoms with E-state index in [0.717, 1.165) is 11.3 Å². The molecule has 2 amide bonds. The number of aryl methyl sites for hydroxylation is 1. The fraction of sp³-hybridized carbons (Fsp3) is 0.364. The first-order chi connectivity index (χ1) is 13.4. The van der Waals surface area contributed by atoms with Crippen LogP contribution in [-0.2, 0) is 21.9 Å². The molecule has 2 aromatic rings. The van der Waals surface area contributed by atoms with E-state index in [-0.39, 0.29) is 29.9 Å². The highest BCUT2D eigenvalue weighted by Crippen LogP contribution is 2.18. The number of nitrogens with zero attached hydrogens (tertiary/aromatic N) is 1. The Hall–Kier alpha value is -2.34. The number of carbonyl (C=O) groups is 2. The van der Waals surface area contributed by atoms with Gasteiger partial charge in [0.2, 0.25) is 11.8 Å². The fourth-order valence-corrected chi connectivity index (χ4v) is 3.87. The number of hydrogen-bond acceptors (Lipinski definition) is 3. The smallest absolute Gasteiger partial charge is 0.242 e. The molecule has 28 heavy (non-hydrogen) atoms. The highest BCUT2D eigenvalue weighted by Gasteiger charge is 2.27. The summed E-state index contributed by atoms with van der Waals surface area (Å²) in [5.41, 5.74) is 3.15. The summed E-state index contributed by atoms with van der Waals surface area (Å²) in [5.74, 6) is 0.393. The lowest BCUT2D eigenvalue weighted by Crippen LogP contribution is -2.48. The first-order valence-electron chi connectivity index (χ1n) is 9.33. The Morgan fingerprint density at radius 1 is 1.14 bits per heavy atom. The summed E-state index contributed by atoms with van der Waals surface area (Å²) in [6, 6.07) is 13.7. The zero-order valence-electron chi connectivity index (χ0n) is 16.6. The van der Waals surface area contributed by atoms with E-state index in [0.29, 0.717) is 6.42 Å². The van der Waals surface area contributed by atoms with Crippen molar-refractivity contribution in [2.75, 3.05) is 12.8 Å².